The van der Waals surface area contributed by atoms with Crippen LogP contribution >= 0.6 is 0 Å². The summed E-state index contributed by atoms with van der Waals surface area (Å²) >= 11 is 0. The minimum atomic E-state index is -0.391. The zero-order valence-electron chi connectivity index (χ0n) is 12.3. The molecule has 0 aromatic carbocycles. The van der Waals surface area contributed by atoms with Crippen molar-refractivity contribution in [3.63, 3.8) is 0 Å². The number of likely N-dealkylation sites (tertiary alicyclic amines) is 1. The Balaban J connectivity index is 1.93. The third kappa shape index (κ3) is 3.28. The topological polar surface area (TPSA) is 67.3 Å². The number of hydrogen-bond donors (Lipinski definition) is 2. The van der Waals surface area contributed by atoms with E-state index >= 15 is 0 Å². The maximum atomic E-state index is 10.3. The molecule has 0 radical (unpaired) electrons. The largest absolute Gasteiger partial charge is 0.396 e. The SMILES string of the molecule is Cc1nn(CC(O)CN2CCCCC2C)c(C)c1N. The van der Waals surface area contributed by atoms with Crippen molar-refractivity contribution in [2.24, 2.45) is 0 Å². The number of anilines is 1. The van der Waals surface area contributed by atoms with E-state index in [9.17, 15) is 5.11 Å². The van der Waals surface area contributed by atoms with Crippen LogP contribution in [0.5, 0.6) is 0 Å². The summed E-state index contributed by atoms with van der Waals surface area (Å²) in [6.07, 6.45) is 3.39. The first-order chi connectivity index (χ1) is 8.99. The third-order valence-corrected chi connectivity index (χ3v) is 4.21. The highest BCUT2D eigenvalue weighted by molar-refractivity contribution is 5.46. The molecule has 108 valence electrons. The Kier molecular flexibility index (Phi) is 4.47. The van der Waals surface area contributed by atoms with Gasteiger partial charge in [-0.25, -0.2) is 0 Å². The van der Waals surface area contributed by atoms with Gasteiger partial charge in [-0.3, -0.25) is 9.58 Å². The van der Waals surface area contributed by atoms with Crippen molar-refractivity contribution in [3.8, 4) is 0 Å². The first kappa shape index (κ1) is 14.3. The number of aryl methyl sites for hydroxylation is 1. The van der Waals surface area contributed by atoms with Gasteiger partial charge in [-0.05, 0) is 40.2 Å². The number of nitrogen functional groups attached to an aromatic ring is 1. The van der Waals surface area contributed by atoms with E-state index in [0.717, 1.165) is 30.2 Å². The van der Waals surface area contributed by atoms with Crippen LogP contribution in [0.1, 0.15) is 37.6 Å². The Morgan fingerprint density at radius 3 is 2.68 bits per heavy atom. The van der Waals surface area contributed by atoms with E-state index in [4.69, 9.17) is 5.73 Å². The second kappa shape index (κ2) is 5.92. The molecule has 2 rings (SSSR count). The van der Waals surface area contributed by atoms with E-state index in [2.05, 4.69) is 16.9 Å². The maximum absolute atomic E-state index is 10.3. The van der Waals surface area contributed by atoms with Crippen molar-refractivity contribution in [1.82, 2.24) is 14.7 Å². The highest BCUT2D eigenvalue weighted by atomic mass is 16.3. The predicted molar refractivity (Wildman–Crippen MR) is 77.0 cm³/mol. The number of hydrogen-bond acceptors (Lipinski definition) is 4. The minimum Gasteiger partial charge on any atom is -0.396 e. The van der Waals surface area contributed by atoms with Crippen molar-refractivity contribution >= 4 is 5.69 Å². The highest BCUT2D eigenvalue weighted by Gasteiger charge is 2.21. The lowest BCUT2D eigenvalue weighted by Gasteiger charge is -2.34. The Morgan fingerprint density at radius 2 is 2.11 bits per heavy atom. The van der Waals surface area contributed by atoms with Gasteiger partial charge >= 0.3 is 0 Å². The molecule has 1 saturated heterocycles. The molecule has 0 saturated carbocycles. The van der Waals surface area contributed by atoms with Gasteiger partial charge in [0.05, 0.1) is 29.7 Å². The molecule has 0 spiro atoms. The summed E-state index contributed by atoms with van der Waals surface area (Å²) < 4.78 is 1.82. The van der Waals surface area contributed by atoms with Gasteiger partial charge in [0.1, 0.15) is 0 Å². The zero-order valence-corrected chi connectivity index (χ0v) is 12.3. The first-order valence-electron chi connectivity index (χ1n) is 7.20. The van der Waals surface area contributed by atoms with Crippen molar-refractivity contribution in [2.75, 3.05) is 18.8 Å². The molecule has 2 heterocycles. The van der Waals surface area contributed by atoms with Crippen molar-refractivity contribution in [2.45, 2.75) is 58.7 Å². The van der Waals surface area contributed by atoms with Gasteiger partial charge in [-0.2, -0.15) is 5.10 Å². The Morgan fingerprint density at radius 1 is 1.37 bits per heavy atom. The molecule has 2 unspecified atom stereocenters. The summed E-state index contributed by atoms with van der Waals surface area (Å²) in [6, 6.07) is 0.578. The molecule has 1 aromatic heterocycles. The van der Waals surface area contributed by atoms with Gasteiger partial charge in [-0.1, -0.05) is 6.42 Å². The lowest BCUT2D eigenvalue weighted by Crippen LogP contribution is -2.43. The average molecular weight is 266 g/mol. The van der Waals surface area contributed by atoms with E-state index in [1.54, 1.807) is 0 Å². The Hall–Kier alpha value is -1.07. The normalized spacial score (nSPS) is 22.6. The molecule has 0 aliphatic carbocycles. The van der Waals surface area contributed by atoms with Crippen LogP contribution in [0.3, 0.4) is 0 Å². The summed E-state index contributed by atoms with van der Waals surface area (Å²) in [7, 11) is 0. The van der Waals surface area contributed by atoms with Crippen LogP contribution in [0.15, 0.2) is 0 Å². The van der Waals surface area contributed by atoms with E-state index in [-0.39, 0.29) is 0 Å². The number of β-amino-alcohol motifs (C(OH)–C–C–N with tert-alkyl or cyclic N) is 1. The number of piperidine rings is 1. The molecule has 0 amide bonds. The molecule has 2 atom stereocenters. The van der Waals surface area contributed by atoms with E-state index in [1.807, 2.05) is 18.5 Å². The first-order valence-corrected chi connectivity index (χ1v) is 7.20. The van der Waals surface area contributed by atoms with Gasteiger partial charge < -0.3 is 10.8 Å². The summed E-state index contributed by atoms with van der Waals surface area (Å²) in [6.45, 7) is 8.43. The summed E-state index contributed by atoms with van der Waals surface area (Å²) in [5.41, 5.74) is 8.44. The van der Waals surface area contributed by atoms with E-state index < -0.39 is 6.10 Å². The lowest BCUT2D eigenvalue weighted by molar-refractivity contribution is 0.0613. The molecular formula is C14H26N4O. The van der Waals surface area contributed by atoms with Gasteiger partial charge in [0.25, 0.3) is 0 Å². The molecule has 19 heavy (non-hydrogen) atoms. The molecular weight excluding hydrogens is 240 g/mol. The Labute approximate surface area is 115 Å². The van der Waals surface area contributed by atoms with Crippen molar-refractivity contribution in [3.05, 3.63) is 11.4 Å². The molecule has 5 heteroatoms. The second-order valence-corrected chi connectivity index (χ2v) is 5.76. The number of aliphatic hydroxyl groups is 1. The molecule has 1 aliphatic heterocycles. The third-order valence-electron chi connectivity index (χ3n) is 4.21. The van der Waals surface area contributed by atoms with Crippen molar-refractivity contribution in [1.29, 1.82) is 0 Å². The average Bonchev–Trinajstić information content (AvgIpc) is 2.60. The number of aromatic nitrogens is 2. The Bertz CT molecular complexity index is 429. The highest BCUT2D eigenvalue weighted by Crippen LogP contribution is 2.18. The van der Waals surface area contributed by atoms with Gasteiger partial charge in [-0.15, -0.1) is 0 Å². The fraction of sp³-hybridized carbons (Fsp3) is 0.786. The standard InChI is InChI=1S/C14H26N4O/c1-10-6-4-5-7-17(10)8-13(19)9-18-12(3)14(15)11(2)16-18/h10,13,19H,4-9,15H2,1-3H3. The monoisotopic (exact) mass is 266 g/mol. The van der Waals surface area contributed by atoms with Crippen molar-refractivity contribution < 1.29 is 5.11 Å². The second-order valence-electron chi connectivity index (χ2n) is 5.76. The molecule has 3 N–H and O–H groups in total. The fourth-order valence-electron chi connectivity index (χ4n) is 2.85. The van der Waals surface area contributed by atoms with Crippen LogP contribution in [0.4, 0.5) is 5.69 Å². The van der Waals surface area contributed by atoms with Crippen LogP contribution in [-0.2, 0) is 6.54 Å². The summed E-state index contributed by atoms with van der Waals surface area (Å²) in [4.78, 5) is 2.38. The maximum Gasteiger partial charge on any atom is 0.0862 e. The number of nitrogens with two attached hydrogens (primary N) is 1. The number of nitrogens with zero attached hydrogens (tertiary/aromatic N) is 3. The predicted octanol–water partition coefficient (Wildman–Crippen LogP) is 1.32. The number of rotatable bonds is 4. The quantitative estimate of drug-likeness (QED) is 0.862. The van der Waals surface area contributed by atoms with Crippen LogP contribution in [0.2, 0.25) is 0 Å². The van der Waals surface area contributed by atoms with Crippen LogP contribution in [0.25, 0.3) is 0 Å². The summed E-state index contributed by atoms with van der Waals surface area (Å²) in [5, 5.41) is 14.6. The van der Waals surface area contributed by atoms with Gasteiger partial charge in [0.2, 0.25) is 0 Å². The van der Waals surface area contributed by atoms with E-state index in [0.29, 0.717) is 12.6 Å². The molecule has 1 aliphatic rings. The fourth-order valence-corrected chi connectivity index (χ4v) is 2.85. The van der Waals surface area contributed by atoms with Gasteiger partial charge in [0, 0.05) is 12.6 Å². The molecule has 0 bridgehead atoms. The van der Waals surface area contributed by atoms with E-state index in [1.165, 1.54) is 19.3 Å². The van der Waals surface area contributed by atoms with Gasteiger partial charge in [0.15, 0.2) is 0 Å². The number of aliphatic hydroxyl groups excluding tert-OH is 1. The van der Waals surface area contributed by atoms with Crippen LogP contribution < -0.4 is 5.73 Å². The molecule has 5 nitrogen and oxygen atoms in total. The summed E-state index contributed by atoms with van der Waals surface area (Å²) in [5.74, 6) is 0. The van der Waals surface area contributed by atoms with Crippen LogP contribution in [-0.4, -0.2) is 45.0 Å². The minimum absolute atomic E-state index is 0.391. The molecule has 1 aromatic rings. The molecule has 1 fully saturated rings. The zero-order chi connectivity index (χ0) is 14.0. The lowest BCUT2D eigenvalue weighted by atomic mass is 10.0. The smallest absolute Gasteiger partial charge is 0.0862 e. The van der Waals surface area contributed by atoms with Crippen LogP contribution in [0, 0.1) is 13.8 Å².